The smallest absolute Gasteiger partial charge is 0.434 e. The van der Waals surface area contributed by atoms with Gasteiger partial charge < -0.3 is 29.2 Å². The third-order valence-corrected chi connectivity index (χ3v) is 6.30. The second kappa shape index (κ2) is 9.14. The van der Waals surface area contributed by atoms with Crippen LogP contribution in [0.1, 0.15) is 23.2 Å². The van der Waals surface area contributed by atoms with Crippen molar-refractivity contribution in [2.45, 2.75) is 30.2 Å². The molecule has 2 amide bonds. The Kier molecular flexibility index (Phi) is 6.70. The van der Waals surface area contributed by atoms with E-state index in [2.05, 4.69) is 4.98 Å². The second-order valence-electron chi connectivity index (χ2n) is 8.40. The maximum Gasteiger partial charge on any atom is 0.434 e. The summed E-state index contributed by atoms with van der Waals surface area (Å²) in [4.78, 5) is 30.7. The first kappa shape index (κ1) is 27.1. The van der Waals surface area contributed by atoms with Gasteiger partial charge in [0.1, 0.15) is 55.1 Å². The Bertz CT molecular complexity index is 1350. The Morgan fingerprint density at radius 2 is 1.89 bits per heavy atom. The summed E-state index contributed by atoms with van der Waals surface area (Å²) in [6.45, 7) is 0.656. The molecule has 3 heterocycles. The molecular weight excluding hydrogens is 511 g/mol. The van der Waals surface area contributed by atoms with Crippen molar-refractivity contribution in [2.75, 3.05) is 13.2 Å². The van der Waals surface area contributed by atoms with E-state index < -0.39 is 47.3 Å². The summed E-state index contributed by atoms with van der Waals surface area (Å²) in [5.74, 6) is -2.25. The molecule has 0 saturated heterocycles. The van der Waals surface area contributed by atoms with Crippen molar-refractivity contribution < 1.29 is 42.1 Å². The van der Waals surface area contributed by atoms with E-state index in [1.165, 1.54) is 18.2 Å². The summed E-state index contributed by atoms with van der Waals surface area (Å²) >= 11 is 0.788. The van der Waals surface area contributed by atoms with Crippen LogP contribution in [0.3, 0.4) is 0 Å². The Labute approximate surface area is 217 Å². The fourth-order valence-electron chi connectivity index (χ4n) is 3.78. The molecule has 0 aliphatic carbocycles. The van der Waals surface area contributed by atoms with Crippen LogP contribution >= 0.6 is 11.3 Å². The van der Waals surface area contributed by atoms with Crippen LogP contribution in [0, 0.1) is 0 Å². The molecule has 37 heavy (non-hydrogen) atoms. The number of thiazole rings is 1. The number of nitrogens with zero attached hydrogens (tertiary/aromatic N) is 3. The van der Waals surface area contributed by atoms with Crippen molar-refractivity contribution in [3.8, 4) is 16.3 Å². The first-order valence-corrected chi connectivity index (χ1v) is 11.3. The molecule has 8 radical (unpaired) electrons. The summed E-state index contributed by atoms with van der Waals surface area (Å²) in [7, 11) is 21.2. The van der Waals surface area contributed by atoms with Gasteiger partial charge in [-0.25, -0.2) is 4.98 Å². The molecule has 1 aliphatic rings. The predicted molar refractivity (Wildman–Crippen MR) is 128 cm³/mol. The van der Waals surface area contributed by atoms with Gasteiger partial charge in [-0.1, -0.05) is 6.07 Å². The SMILES string of the molecule is [B]C([B])(O)N(C(=O)CN1C(=O)c2oc3cc(-c4nc(C(F)(F)F)cs4)ccc3c2OCC1C)C([B])([B])O. The van der Waals surface area contributed by atoms with Crippen molar-refractivity contribution in [3.05, 3.63) is 35.0 Å². The lowest BCUT2D eigenvalue weighted by atomic mass is 9.64. The maximum atomic E-state index is 13.3. The van der Waals surface area contributed by atoms with Gasteiger partial charge in [-0.3, -0.25) is 9.59 Å². The van der Waals surface area contributed by atoms with E-state index in [0.717, 1.165) is 21.6 Å². The van der Waals surface area contributed by atoms with E-state index in [1.807, 2.05) is 0 Å². The van der Waals surface area contributed by atoms with E-state index >= 15 is 0 Å². The highest BCUT2D eigenvalue weighted by molar-refractivity contribution is 7.13. The molecule has 1 aliphatic heterocycles. The molecule has 0 bridgehead atoms. The number of halogens is 3. The molecular formula is C20H14B4F3N3O6S. The van der Waals surface area contributed by atoms with Crippen LogP contribution in [0.15, 0.2) is 28.0 Å². The van der Waals surface area contributed by atoms with E-state index in [-0.39, 0.29) is 33.6 Å². The van der Waals surface area contributed by atoms with Crippen molar-refractivity contribution in [1.82, 2.24) is 14.8 Å². The normalized spacial score (nSPS) is 16.9. The van der Waals surface area contributed by atoms with Gasteiger partial charge in [0.25, 0.3) is 5.91 Å². The summed E-state index contributed by atoms with van der Waals surface area (Å²) in [5, 5.41) is 21.0. The van der Waals surface area contributed by atoms with Gasteiger partial charge >= 0.3 is 6.18 Å². The van der Waals surface area contributed by atoms with Crippen LogP contribution in [-0.2, 0) is 11.0 Å². The number of rotatable bonds is 5. The largest absolute Gasteiger partial charge is 0.487 e. The molecule has 184 valence electrons. The number of carbonyl (C=O) groups excluding carboxylic acids is 2. The van der Waals surface area contributed by atoms with Gasteiger partial charge in [0.2, 0.25) is 11.7 Å². The average Bonchev–Trinajstić information content (AvgIpc) is 3.35. The standard InChI is InChI=1S/C20H14B4F3N3O6S/c1-8-6-35-14-10-3-2-9(16-28-12(7-37-16)18(25,26)27)4-11(10)36-15(14)17(32)29(8)5-13(31)30(19(21,22)33)20(23,24)34/h2-4,7-8,33-34H,5-6H2,1H3. The van der Waals surface area contributed by atoms with Gasteiger partial charge in [-0.05, 0) is 19.1 Å². The van der Waals surface area contributed by atoms with Gasteiger partial charge in [0, 0.05) is 10.9 Å². The third-order valence-electron chi connectivity index (χ3n) is 5.41. The van der Waals surface area contributed by atoms with Crippen molar-refractivity contribution in [2.24, 2.45) is 0 Å². The topological polar surface area (TPSA) is 116 Å². The molecule has 1 atom stereocenters. The number of amides is 2. The molecule has 1 aromatic carbocycles. The summed E-state index contributed by atoms with van der Waals surface area (Å²) in [6.07, 6.45) is -4.60. The monoisotopic (exact) mass is 525 g/mol. The number of ether oxygens (including phenoxy) is 1. The van der Waals surface area contributed by atoms with E-state index in [1.54, 1.807) is 6.92 Å². The minimum atomic E-state index is -4.60. The summed E-state index contributed by atoms with van der Waals surface area (Å²) in [5.41, 5.74) is -6.53. The molecule has 0 spiro atoms. The Morgan fingerprint density at radius 3 is 2.46 bits per heavy atom. The lowest BCUT2D eigenvalue weighted by Crippen LogP contribution is -2.67. The molecule has 2 N–H and O–H groups in total. The molecule has 3 aromatic rings. The first-order valence-electron chi connectivity index (χ1n) is 10.4. The Balaban J connectivity index is 1.67. The number of furan rings is 1. The third kappa shape index (κ3) is 5.25. The highest BCUT2D eigenvalue weighted by Gasteiger charge is 2.41. The van der Waals surface area contributed by atoms with Crippen LogP contribution in [-0.4, -0.2) is 98.4 Å². The fraction of sp³-hybridized carbons (Fsp3) is 0.350. The van der Waals surface area contributed by atoms with E-state index in [9.17, 15) is 33.0 Å². The zero-order valence-electron chi connectivity index (χ0n) is 19.0. The van der Waals surface area contributed by atoms with Crippen LogP contribution in [0.5, 0.6) is 5.75 Å². The molecule has 17 heteroatoms. The van der Waals surface area contributed by atoms with Crippen molar-refractivity contribution in [3.63, 3.8) is 0 Å². The van der Waals surface area contributed by atoms with Crippen molar-refractivity contribution >= 4 is 65.5 Å². The Morgan fingerprint density at radius 1 is 1.24 bits per heavy atom. The minimum absolute atomic E-state index is 0.0131. The Hall–Kier alpha value is -2.90. The van der Waals surface area contributed by atoms with Gasteiger partial charge in [-0.2, -0.15) is 13.2 Å². The molecule has 2 aromatic heterocycles. The second-order valence-corrected chi connectivity index (χ2v) is 9.25. The number of aliphatic hydroxyl groups is 2. The molecule has 9 nitrogen and oxygen atoms in total. The highest BCUT2D eigenvalue weighted by Crippen LogP contribution is 2.39. The lowest BCUT2D eigenvalue weighted by Gasteiger charge is -2.46. The number of alkyl halides is 3. The number of hydrogen-bond donors (Lipinski definition) is 2. The highest BCUT2D eigenvalue weighted by atomic mass is 32.1. The summed E-state index contributed by atoms with van der Waals surface area (Å²) in [6, 6.07) is 3.70. The lowest BCUT2D eigenvalue weighted by molar-refractivity contribution is -0.154. The van der Waals surface area contributed by atoms with Crippen LogP contribution in [0.4, 0.5) is 13.2 Å². The average molecular weight is 525 g/mol. The van der Waals surface area contributed by atoms with Crippen LogP contribution in [0.25, 0.3) is 21.5 Å². The van der Waals surface area contributed by atoms with E-state index in [0.29, 0.717) is 10.9 Å². The zero-order valence-corrected chi connectivity index (χ0v) is 19.8. The van der Waals surface area contributed by atoms with E-state index in [4.69, 9.17) is 40.5 Å². The molecule has 1 unspecified atom stereocenters. The quantitative estimate of drug-likeness (QED) is 0.369. The zero-order chi connectivity index (χ0) is 27.5. The number of benzene rings is 1. The molecule has 0 fully saturated rings. The minimum Gasteiger partial charge on any atom is -0.487 e. The number of hydrogen-bond acceptors (Lipinski definition) is 8. The maximum absolute atomic E-state index is 13.3. The first-order chi connectivity index (χ1) is 17.0. The van der Waals surface area contributed by atoms with Gasteiger partial charge in [0.05, 0.1) is 22.5 Å². The molecule has 4 rings (SSSR count). The fourth-order valence-corrected chi connectivity index (χ4v) is 4.61. The number of aromatic nitrogens is 1. The van der Waals surface area contributed by atoms with Crippen LogP contribution in [0.2, 0.25) is 0 Å². The number of carbonyl (C=O) groups is 2. The van der Waals surface area contributed by atoms with Gasteiger partial charge in [0.15, 0.2) is 11.4 Å². The summed E-state index contributed by atoms with van der Waals surface area (Å²) < 4.78 is 50.2. The molecule has 0 saturated carbocycles. The van der Waals surface area contributed by atoms with Crippen molar-refractivity contribution in [1.29, 1.82) is 0 Å². The van der Waals surface area contributed by atoms with Gasteiger partial charge in [-0.15, -0.1) is 11.3 Å². The number of fused-ring (bicyclic) bond motifs is 3. The predicted octanol–water partition coefficient (Wildman–Crippen LogP) is 0.508. The van der Waals surface area contributed by atoms with Crippen LogP contribution < -0.4 is 4.74 Å².